The number of benzene rings is 2. The number of ether oxygens (including phenoxy) is 3. The van der Waals surface area contributed by atoms with Crippen LogP contribution in [0.3, 0.4) is 0 Å². The van der Waals surface area contributed by atoms with Crippen molar-refractivity contribution in [3.05, 3.63) is 71.5 Å². The number of carbonyl (C=O) groups is 1. The molecule has 0 spiro atoms. The number of nitrogens with zero attached hydrogens (tertiary/aromatic N) is 2. The smallest absolute Gasteiger partial charge is 0.322 e. The number of rotatable bonds is 5. The zero-order chi connectivity index (χ0) is 22.0. The van der Waals surface area contributed by atoms with Crippen LogP contribution < -0.4 is 19.5 Å². The van der Waals surface area contributed by atoms with Crippen LogP contribution in [-0.4, -0.2) is 43.4 Å². The van der Waals surface area contributed by atoms with Crippen LogP contribution in [0.5, 0.6) is 17.2 Å². The maximum absolute atomic E-state index is 13.4. The van der Waals surface area contributed by atoms with E-state index in [1.54, 1.807) is 33.5 Å². The lowest BCUT2D eigenvalue weighted by Gasteiger charge is -2.37. The first-order valence-electron chi connectivity index (χ1n) is 10.1. The van der Waals surface area contributed by atoms with Crippen molar-refractivity contribution in [3.8, 4) is 17.2 Å². The number of hydrogen-bond acceptors (Lipinski definition) is 4. The summed E-state index contributed by atoms with van der Waals surface area (Å²) in [6, 6.07) is 15.5. The number of anilines is 1. The van der Waals surface area contributed by atoms with E-state index in [0.29, 0.717) is 29.5 Å². The van der Waals surface area contributed by atoms with Crippen LogP contribution in [0, 0.1) is 6.92 Å². The van der Waals surface area contributed by atoms with E-state index in [1.807, 2.05) is 11.0 Å². The van der Waals surface area contributed by atoms with E-state index in [9.17, 15) is 4.79 Å². The van der Waals surface area contributed by atoms with Crippen LogP contribution in [0.15, 0.2) is 54.7 Å². The van der Waals surface area contributed by atoms with E-state index in [1.165, 1.54) is 5.56 Å². The molecule has 1 N–H and O–H groups in total. The Balaban J connectivity index is 1.66. The van der Waals surface area contributed by atoms with Gasteiger partial charge in [-0.05, 0) is 24.6 Å². The minimum atomic E-state index is -0.188. The van der Waals surface area contributed by atoms with Gasteiger partial charge in [0.05, 0.1) is 33.1 Å². The second-order valence-corrected chi connectivity index (χ2v) is 7.48. The quantitative estimate of drug-likeness (QED) is 0.661. The van der Waals surface area contributed by atoms with Gasteiger partial charge in [-0.25, -0.2) is 4.79 Å². The lowest BCUT2D eigenvalue weighted by Crippen LogP contribution is -2.44. The molecule has 2 aromatic carbocycles. The monoisotopic (exact) mass is 421 g/mol. The second kappa shape index (κ2) is 8.63. The molecular formula is C24H27N3O4. The lowest BCUT2D eigenvalue weighted by molar-refractivity contribution is 0.182. The first-order chi connectivity index (χ1) is 15.0. The van der Waals surface area contributed by atoms with Crippen molar-refractivity contribution >= 4 is 11.7 Å². The summed E-state index contributed by atoms with van der Waals surface area (Å²) in [5, 5.41) is 3.01. The molecule has 3 aromatic rings. The van der Waals surface area contributed by atoms with E-state index in [2.05, 4.69) is 53.3 Å². The number of carbonyl (C=O) groups excluding carboxylic acids is 1. The Hall–Kier alpha value is -3.61. The van der Waals surface area contributed by atoms with Crippen LogP contribution in [0.4, 0.5) is 10.5 Å². The van der Waals surface area contributed by atoms with Crippen LogP contribution in [0.25, 0.3) is 0 Å². The molecule has 1 aromatic heterocycles. The summed E-state index contributed by atoms with van der Waals surface area (Å²) in [4.78, 5) is 15.3. The Kier molecular flexibility index (Phi) is 5.75. The van der Waals surface area contributed by atoms with Crippen molar-refractivity contribution in [1.82, 2.24) is 9.47 Å². The largest absolute Gasteiger partial charge is 0.493 e. The molecule has 4 rings (SSSR count). The fourth-order valence-electron chi connectivity index (χ4n) is 4.05. The van der Waals surface area contributed by atoms with Crippen molar-refractivity contribution in [2.75, 3.05) is 33.2 Å². The molecule has 31 heavy (non-hydrogen) atoms. The molecule has 1 unspecified atom stereocenters. The molecule has 1 aliphatic rings. The molecule has 0 saturated heterocycles. The minimum Gasteiger partial charge on any atom is -0.493 e. The van der Waals surface area contributed by atoms with Gasteiger partial charge in [0.25, 0.3) is 0 Å². The molecule has 0 radical (unpaired) electrons. The number of aromatic nitrogens is 1. The summed E-state index contributed by atoms with van der Waals surface area (Å²) in [5.74, 6) is 1.45. The van der Waals surface area contributed by atoms with Gasteiger partial charge in [-0.2, -0.15) is 0 Å². The van der Waals surface area contributed by atoms with Gasteiger partial charge in [-0.15, -0.1) is 0 Å². The molecular weight excluding hydrogens is 394 g/mol. The topological polar surface area (TPSA) is 65.0 Å². The first-order valence-corrected chi connectivity index (χ1v) is 10.1. The van der Waals surface area contributed by atoms with Gasteiger partial charge in [0.2, 0.25) is 5.75 Å². The Morgan fingerprint density at radius 3 is 2.26 bits per heavy atom. The summed E-state index contributed by atoms with van der Waals surface area (Å²) < 4.78 is 18.4. The van der Waals surface area contributed by atoms with Crippen LogP contribution in [0.2, 0.25) is 0 Å². The van der Waals surface area contributed by atoms with E-state index < -0.39 is 0 Å². The van der Waals surface area contributed by atoms with Crippen LogP contribution >= 0.6 is 0 Å². The zero-order valence-electron chi connectivity index (χ0n) is 18.2. The van der Waals surface area contributed by atoms with E-state index in [0.717, 1.165) is 17.8 Å². The van der Waals surface area contributed by atoms with Crippen LogP contribution in [0.1, 0.15) is 22.9 Å². The van der Waals surface area contributed by atoms with Crippen molar-refractivity contribution in [3.63, 3.8) is 0 Å². The number of hydrogen-bond donors (Lipinski definition) is 1. The fraction of sp³-hybridized carbons (Fsp3) is 0.292. The van der Waals surface area contributed by atoms with E-state index >= 15 is 0 Å². The van der Waals surface area contributed by atoms with Crippen molar-refractivity contribution in [1.29, 1.82) is 0 Å². The normalized spacial score (nSPS) is 15.2. The minimum absolute atomic E-state index is 0.175. The zero-order valence-corrected chi connectivity index (χ0v) is 18.2. The Labute approximate surface area is 182 Å². The lowest BCUT2D eigenvalue weighted by atomic mass is 9.99. The van der Waals surface area contributed by atoms with Gasteiger partial charge in [0.15, 0.2) is 11.5 Å². The van der Waals surface area contributed by atoms with Gasteiger partial charge in [-0.3, -0.25) is 0 Å². The molecule has 0 fully saturated rings. The van der Waals surface area contributed by atoms with Crippen LogP contribution in [-0.2, 0) is 6.54 Å². The van der Waals surface area contributed by atoms with E-state index in [-0.39, 0.29) is 12.1 Å². The fourth-order valence-corrected chi connectivity index (χ4v) is 4.05. The van der Waals surface area contributed by atoms with Gasteiger partial charge in [0, 0.05) is 37.1 Å². The number of methoxy groups -OCH3 is 3. The van der Waals surface area contributed by atoms with E-state index in [4.69, 9.17) is 14.2 Å². The third-order valence-corrected chi connectivity index (χ3v) is 5.61. The number of urea groups is 1. The Morgan fingerprint density at radius 1 is 0.968 bits per heavy atom. The van der Waals surface area contributed by atoms with Gasteiger partial charge >= 0.3 is 6.03 Å². The number of fused-ring (bicyclic) bond motifs is 1. The molecule has 0 bridgehead atoms. The molecule has 1 aliphatic heterocycles. The molecule has 7 heteroatoms. The molecule has 0 saturated carbocycles. The summed E-state index contributed by atoms with van der Waals surface area (Å²) in [7, 11) is 4.65. The highest BCUT2D eigenvalue weighted by Gasteiger charge is 2.32. The maximum atomic E-state index is 13.4. The molecule has 0 aliphatic carbocycles. The number of aryl methyl sites for hydroxylation is 1. The predicted molar refractivity (Wildman–Crippen MR) is 119 cm³/mol. The van der Waals surface area contributed by atoms with Gasteiger partial charge in [0.1, 0.15) is 0 Å². The third-order valence-electron chi connectivity index (χ3n) is 5.61. The number of amides is 2. The predicted octanol–water partition coefficient (Wildman–Crippen LogP) is 4.46. The molecule has 2 amide bonds. The summed E-state index contributed by atoms with van der Waals surface area (Å²) in [5.41, 5.74) is 3.92. The van der Waals surface area contributed by atoms with Gasteiger partial charge < -0.3 is 29.0 Å². The first kappa shape index (κ1) is 20.7. The van der Waals surface area contributed by atoms with Crippen molar-refractivity contribution < 1.29 is 19.0 Å². The summed E-state index contributed by atoms with van der Waals surface area (Å²) in [6.07, 6.45) is 2.06. The Morgan fingerprint density at radius 2 is 1.65 bits per heavy atom. The average Bonchev–Trinajstić information content (AvgIpc) is 3.27. The average molecular weight is 421 g/mol. The van der Waals surface area contributed by atoms with Crippen molar-refractivity contribution in [2.24, 2.45) is 0 Å². The Bertz CT molecular complexity index is 1050. The molecule has 1 atom stereocenters. The molecule has 162 valence electrons. The maximum Gasteiger partial charge on any atom is 0.322 e. The highest BCUT2D eigenvalue weighted by Crippen LogP contribution is 2.40. The highest BCUT2D eigenvalue weighted by atomic mass is 16.5. The van der Waals surface area contributed by atoms with Gasteiger partial charge in [-0.1, -0.05) is 29.8 Å². The third kappa shape index (κ3) is 3.91. The summed E-state index contributed by atoms with van der Waals surface area (Å²) >= 11 is 0. The summed E-state index contributed by atoms with van der Waals surface area (Å²) in [6.45, 7) is 3.39. The second-order valence-electron chi connectivity index (χ2n) is 7.48. The highest BCUT2D eigenvalue weighted by molar-refractivity contribution is 5.91. The molecule has 2 heterocycles. The standard InChI is InChI=1S/C24H27N3O4/c1-16-7-9-17(10-8-16)22-19-6-5-11-26(19)12-13-27(22)24(28)25-18-14-20(29-2)23(31-4)21(15-18)30-3/h5-11,14-15,22H,12-13H2,1-4H3,(H,25,28). The van der Waals surface area contributed by atoms with Crippen molar-refractivity contribution in [2.45, 2.75) is 19.5 Å². The number of nitrogens with one attached hydrogen (secondary N) is 1. The molecule has 7 nitrogen and oxygen atoms in total. The SMILES string of the molecule is COc1cc(NC(=O)N2CCn3cccc3C2c2ccc(C)cc2)cc(OC)c1OC.